The van der Waals surface area contributed by atoms with Gasteiger partial charge >= 0.3 is 188 Å². The van der Waals surface area contributed by atoms with Crippen molar-refractivity contribution in [3.05, 3.63) is 88.9 Å². The molecule has 0 saturated heterocycles. The second-order valence-corrected chi connectivity index (χ2v) is 27.3. The van der Waals surface area contributed by atoms with E-state index in [9.17, 15) is 75.8 Å². The maximum Gasteiger partial charge on any atom is 1.00 e. The third kappa shape index (κ3) is 27.0. The number of hydrogen-bond acceptors (Lipinski definition) is 40. The van der Waals surface area contributed by atoms with Crippen molar-refractivity contribution in [3.63, 3.8) is 0 Å². The van der Waals surface area contributed by atoms with Crippen LogP contribution in [0.15, 0.2) is 112 Å². The van der Waals surface area contributed by atoms with Crippen molar-refractivity contribution in [3.8, 4) is 23.0 Å². The predicted molar refractivity (Wildman–Crippen MR) is 321 cm³/mol. The van der Waals surface area contributed by atoms with Crippen LogP contribution >= 0.6 is 35.5 Å². The summed E-state index contributed by atoms with van der Waals surface area (Å²) in [5, 5.41) is 60.1. The molecule has 508 valence electrons. The maximum absolute atomic E-state index is 13.0. The van der Waals surface area contributed by atoms with E-state index in [0.29, 0.717) is 18.9 Å². The third-order valence-corrected chi connectivity index (χ3v) is 18.1. The van der Waals surface area contributed by atoms with Gasteiger partial charge in [0.05, 0.1) is 51.8 Å². The Bertz CT molecular complexity index is 5120. The van der Waals surface area contributed by atoms with Crippen molar-refractivity contribution in [1.82, 2.24) is 29.9 Å². The number of aromatic nitrogens is 6. The number of benzene rings is 6. The summed E-state index contributed by atoms with van der Waals surface area (Å²) in [6.07, 6.45) is 0.694. The van der Waals surface area contributed by atoms with Gasteiger partial charge in [-0.3, -0.25) is 9.22 Å². The Morgan fingerprint density at radius 2 is 1.13 bits per heavy atom. The molecule has 0 atom stereocenters. The molecular formula is C47H38Cl2N14Na6O25S7. The number of methoxy groups -OCH3 is 2. The molecule has 0 saturated carbocycles. The number of hydrogen-bond donors (Lipinski definition) is 6. The van der Waals surface area contributed by atoms with E-state index in [2.05, 4.69) is 87.1 Å². The molecule has 6 aromatic carbocycles. The number of rotatable bonds is 28. The molecule has 0 radical (unpaired) electrons. The van der Waals surface area contributed by atoms with Crippen LogP contribution in [0.5, 0.6) is 23.0 Å². The second kappa shape index (κ2) is 42.3. The number of phenols is 2. The Hall–Kier alpha value is -2.56. The largest absolute Gasteiger partial charge is 1.00 e. The molecule has 39 nitrogen and oxygen atoms in total. The number of nitrogens with one attached hydrogen (secondary N) is 4. The topological polar surface area (TPSA) is 599 Å². The van der Waals surface area contributed by atoms with E-state index in [1.54, 1.807) is 0 Å². The van der Waals surface area contributed by atoms with Crippen molar-refractivity contribution in [2.45, 2.75) is 44.2 Å². The van der Waals surface area contributed by atoms with Crippen LogP contribution in [-0.4, -0.2) is 153 Å². The van der Waals surface area contributed by atoms with Gasteiger partial charge in [-0.25, -0.2) is 42.1 Å². The van der Waals surface area contributed by atoms with Gasteiger partial charge in [-0.15, -0.1) is 37.7 Å². The van der Waals surface area contributed by atoms with Crippen molar-refractivity contribution in [1.29, 1.82) is 0 Å². The maximum atomic E-state index is 13.0. The molecule has 0 unspecified atom stereocenters. The number of ether oxygens (including phenoxy) is 2. The summed E-state index contributed by atoms with van der Waals surface area (Å²) in [4.78, 5) is 20.1. The first kappa shape index (κ1) is 96.5. The molecule has 2 aromatic heterocycles. The summed E-state index contributed by atoms with van der Waals surface area (Å²) in [5.41, 5.74) is -2.83. The number of anilines is 6. The first-order valence-corrected chi connectivity index (χ1v) is 34.9. The fraction of sp³-hybridized carbons (Fsp3) is 0.191. The number of aryl methyl sites for hydroxylation is 1. The number of fused-ring (bicyclic) bond motifs is 2. The van der Waals surface area contributed by atoms with E-state index in [1.165, 1.54) is 32.2 Å². The van der Waals surface area contributed by atoms with Crippen LogP contribution in [0.3, 0.4) is 0 Å². The van der Waals surface area contributed by atoms with Gasteiger partial charge in [-0.1, -0.05) is 11.5 Å². The van der Waals surface area contributed by atoms with Gasteiger partial charge in [-0.05, 0) is 97.1 Å². The summed E-state index contributed by atoms with van der Waals surface area (Å²) >= 11 is 12.5. The molecule has 0 aliphatic heterocycles. The first-order chi connectivity index (χ1) is 44.5. The van der Waals surface area contributed by atoms with E-state index in [4.69, 9.17) is 49.5 Å². The molecule has 0 spiro atoms. The van der Waals surface area contributed by atoms with Crippen LogP contribution in [0.25, 0.3) is 21.5 Å². The van der Waals surface area contributed by atoms with Gasteiger partial charge in [0.15, 0.2) is 27.9 Å². The van der Waals surface area contributed by atoms with Crippen LogP contribution < -0.4 is 213 Å². The van der Waals surface area contributed by atoms with Crippen molar-refractivity contribution >= 4 is 176 Å². The molecule has 101 heavy (non-hydrogen) atoms. The number of phenolic OH excluding ortho intramolecular Hbond substituents is 2. The third-order valence-electron chi connectivity index (χ3n) is 12.1. The number of sulfone groups is 1. The summed E-state index contributed by atoms with van der Waals surface area (Å²) in [6.45, 7) is 1.07. The van der Waals surface area contributed by atoms with E-state index in [1.807, 2.05) is 0 Å². The van der Waals surface area contributed by atoms with Crippen molar-refractivity contribution < 1.29 is 289 Å². The molecule has 6 N–H and O–H groups in total. The predicted octanol–water partition coefficient (Wildman–Crippen LogP) is -13.0. The van der Waals surface area contributed by atoms with E-state index < -0.39 is 138 Å². The zero-order valence-electron chi connectivity index (χ0n) is 53.5. The van der Waals surface area contributed by atoms with Crippen molar-refractivity contribution in [2.24, 2.45) is 20.5 Å². The summed E-state index contributed by atoms with van der Waals surface area (Å²) in [7, 11) is -26.3. The summed E-state index contributed by atoms with van der Waals surface area (Å²) in [5.74, 6) is -3.80. The molecule has 8 rings (SSSR count). The molecule has 0 aliphatic rings. The van der Waals surface area contributed by atoms with Gasteiger partial charge in [0.1, 0.15) is 69.0 Å². The Kier molecular flexibility index (Phi) is 40.4. The monoisotopic (exact) mass is 1630 g/mol. The summed E-state index contributed by atoms with van der Waals surface area (Å²) < 4.78 is 219. The zero-order valence-corrected chi connectivity index (χ0v) is 72.7. The molecule has 0 aliphatic carbocycles. The van der Waals surface area contributed by atoms with Crippen LogP contribution in [0.1, 0.15) is 18.4 Å². The fourth-order valence-electron chi connectivity index (χ4n) is 8.22. The smallest absolute Gasteiger partial charge is 0.744 e. The second-order valence-electron chi connectivity index (χ2n) is 18.2. The quantitative estimate of drug-likeness (QED) is 0.00388. The van der Waals surface area contributed by atoms with Gasteiger partial charge in [-0.2, -0.15) is 47.2 Å². The molecule has 0 fully saturated rings. The molecule has 54 heteroatoms. The van der Waals surface area contributed by atoms with E-state index in [-0.39, 0.29) is 281 Å². The minimum Gasteiger partial charge on any atom is -0.744 e. The Balaban J connectivity index is 0.00000496. The van der Waals surface area contributed by atoms with E-state index >= 15 is 0 Å². The fourth-order valence-corrected chi connectivity index (χ4v) is 12.7. The van der Waals surface area contributed by atoms with E-state index in [0.717, 1.165) is 49.6 Å². The van der Waals surface area contributed by atoms with Crippen LogP contribution in [-0.2, 0) is 74.5 Å². The Morgan fingerprint density at radius 3 is 1.65 bits per heavy atom. The molecular weight excluding hydrogens is 1590 g/mol. The SMILES string of the molecule is COc1ccc(S(=O)(=O)CCOSOO[O-])cc1N=Nc1[c-]cc2cc(S(=O)(=O)[O-])cc(Nc3nc(Cl)nc(NCCCCNc4nc(Cl)nc(Nc5ccc6c(O)c(N=Nc7cc(C)c(S(=O)(=O)[O-])cc7OC)c(S(=O)(=O)[O-])cc6c5S(=O)(=O)[O-])n4)n3)c2c1O.O=S(=O)=O.[Na+].[Na+].[Na+].[Na+].[Na+].[Na+]. The number of aromatic hydroxyl groups is 2. The summed E-state index contributed by atoms with van der Waals surface area (Å²) in [6, 6.07) is 13.5. The molecule has 2 heterocycles. The normalized spacial score (nSPS) is 11.5. The van der Waals surface area contributed by atoms with Crippen LogP contribution in [0.4, 0.5) is 57.9 Å². The van der Waals surface area contributed by atoms with Crippen LogP contribution in [0.2, 0.25) is 10.6 Å². The minimum atomic E-state index is -5.69. The van der Waals surface area contributed by atoms with Crippen molar-refractivity contribution in [2.75, 3.05) is 60.9 Å². The minimum absolute atomic E-state index is 0. The Labute approximate surface area is 721 Å². The van der Waals surface area contributed by atoms with Gasteiger partial charge < -0.3 is 64.4 Å². The van der Waals surface area contributed by atoms with Gasteiger partial charge in [0.25, 0.3) is 0 Å². The van der Waals surface area contributed by atoms with Gasteiger partial charge in [0, 0.05) is 51.9 Å². The molecule has 0 amide bonds. The molecule has 8 aromatic rings. The average molecular weight is 1630 g/mol. The van der Waals surface area contributed by atoms with Crippen LogP contribution in [0, 0.1) is 13.0 Å². The first-order valence-electron chi connectivity index (χ1n) is 25.2. The molecule has 0 bridgehead atoms. The number of azo groups is 2. The number of halogens is 2. The van der Waals surface area contributed by atoms with Gasteiger partial charge in [0.2, 0.25) is 34.4 Å². The number of nitrogens with zero attached hydrogens (tertiary/aromatic N) is 10. The number of unbranched alkanes of at least 4 members (excludes halogenated alkanes) is 1. The standard InChI is InChI=1S/C47H43Cl2N14O22S6.6Na.O3S/c1-22-16-30(34(82-3)21-35(22)89(72,73)74)62-63-38-36(90(75,76)77)20-27-26(39(38)64)8-10-29(41(27)91(78,79)80)52-46-56-42(48)54-44(58-46)50-12-4-5-13-51-45-55-43(49)57-47(59-45)53-32-19-25(88(69,70)71)17-23-6-9-28(40(65)37(23)32)60-61-31-18-24(7-11-33(31)81-2)87(67,68)15-14-83-86-85-84-66;;;;;;;1-4(2)3/h6-8,10-11,16-21,64-66H,4-5,12-15H2,1-3H3,(H,69,70,71)(H,72,73,74)(H,75,76,77)(H,78,79,80)(H2,50,52,54,56,58)(H2,51,53,55,57,59);;;;;;;/q-1;6*+1;/p-5. The average Bonchev–Trinajstić information content (AvgIpc) is 0.746. The Morgan fingerprint density at radius 1 is 0.594 bits per heavy atom. The zero-order chi connectivity index (χ0) is 70.0.